The average molecular weight is 248 g/mol. The summed E-state index contributed by atoms with van der Waals surface area (Å²) < 4.78 is 5.63. The standard InChI is InChI=1S/C14H20N2O2/c1-9-5-6-13(18-9)10(2)15-11-8-14(17)16-7-3-4-12(11)16/h5-6,10-12,15H,3-4,7-8H2,1-2H3. The molecule has 1 N–H and O–H groups in total. The van der Waals surface area contributed by atoms with Crippen LogP contribution in [0.3, 0.4) is 0 Å². The van der Waals surface area contributed by atoms with E-state index < -0.39 is 0 Å². The first-order valence-electron chi connectivity index (χ1n) is 6.77. The molecule has 2 aliphatic heterocycles. The lowest BCUT2D eigenvalue weighted by molar-refractivity contribution is -0.127. The number of hydrogen-bond acceptors (Lipinski definition) is 3. The molecule has 2 fully saturated rings. The van der Waals surface area contributed by atoms with E-state index in [9.17, 15) is 4.79 Å². The molecule has 18 heavy (non-hydrogen) atoms. The topological polar surface area (TPSA) is 45.5 Å². The molecule has 3 unspecified atom stereocenters. The van der Waals surface area contributed by atoms with Gasteiger partial charge in [0.1, 0.15) is 11.5 Å². The van der Waals surface area contributed by atoms with E-state index in [1.54, 1.807) is 0 Å². The number of nitrogens with zero attached hydrogens (tertiary/aromatic N) is 1. The minimum absolute atomic E-state index is 0.164. The van der Waals surface area contributed by atoms with Gasteiger partial charge in [-0.05, 0) is 38.8 Å². The highest BCUT2D eigenvalue weighted by Gasteiger charge is 2.42. The molecule has 4 nitrogen and oxygen atoms in total. The summed E-state index contributed by atoms with van der Waals surface area (Å²) in [5.74, 6) is 2.19. The lowest BCUT2D eigenvalue weighted by atomic mass is 10.1. The summed E-state index contributed by atoms with van der Waals surface area (Å²) in [5, 5.41) is 3.55. The van der Waals surface area contributed by atoms with Crippen molar-refractivity contribution >= 4 is 5.91 Å². The molecule has 98 valence electrons. The number of nitrogens with one attached hydrogen (secondary N) is 1. The van der Waals surface area contributed by atoms with E-state index in [0.717, 1.165) is 30.9 Å². The van der Waals surface area contributed by atoms with Crippen LogP contribution in [0, 0.1) is 6.92 Å². The molecule has 0 spiro atoms. The van der Waals surface area contributed by atoms with Gasteiger partial charge < -0.3 is 14.6 Å². The monoisotopic (exact) mass is 248 g/mol. The Balaban J connectivity index is 1.68. The summed E-state index contributed by atoms with van der Waals surface area (Å²) in [6.45, 7) is 4.99. The van der Waals surface area contributed by atoms with Crippen LogP contribution in [0.5, 0.6) is 0 Å². The second-order valence-electron chi connectivity index (χ2n) is 5.44. The number of amides is 1. The second-order valence-corrected chi connectivity index (χ2v) is 5.44. The van der Waals surface area contributed by atoms with E-state index in [4.69, 9.17) is 4.42 Å². The number of rotatable bonds is 3. The molecule has 0 aliphatic carbocycles. The molecule has 4 heteroatoms. The van der Waals surface area contributed by atoms with Crippen molar-refractivity contribution in [3.8, 4) is 0 Å². The Labute approximate surface area is 107 Å². The first-order valence-corrected chi connectivity index (χ1v) is 6.77. The molecule has 0 bridgehead atoms. The summed E-state index contributed by atoms with van der Waals surface area (Å²) >= 11 is 0. The molecule has 3 atom stereocenters. The van der Waals surface area contributed by atoms with E-state index >= 15 is 0 Å². The molecule has 1 aromatic rings. The van der Waals surface area contributed by atoms with E-state index in [-0.39, 0.29) is 12.1 Å². The van der Waals surface area contributed by atoms with E-state index in [2.05, 4.69) is 12.2 Å². The van der Waals surface area contributed by atoms with Crippen LogP contribution in [-0.2, 0) is 4.79 Å². The van der Waals surface area contributed by atoms with Gasteiger partial charge in [-0.1, -0.05) is 0 Å². The van der Waals surface area contributed by atoms with E-state index in [0.29, 0.717) is 18.4 Å². The zero-order valence-corrected chi connectivity index (χ0v) is 11.0. The Bertz CT molecular complexity index is 454. The Morgan fingerprint density at radius 3 is 3.06 bits per heavy atom. The molecule has 2 aliphatic rings. The number of fused-ring (bicyclic) bond motifs is 1. The molecule has 0 radical (unpaired) electrons. The largest absolute Gasteiger partial charge is 0.465 e. The van der Waals surface area contributed by atoms with Gasteiger partial charge >= 0.3 is 0 Å². The van der Waals surface area contributed by atoms with Crippen LogP contribution in [-0.4, -0.2) is 29.4 Å². The smallest absolute Gasteiger partial charge is 0.224 e. The van der Waals surface area contributed by atoms with Crippen LogP contribution in [0.15, 0.2) is 16.5 Å². The quantitative estimate of drug-likeness (QED) is 0.890. The van der Waals surface area contributed by atoms with Crippen molar-refractivity contribution in [2.75, 3.05) is 6.54 Å². The predicted molar refractivity (Wildman–Crippen MR) is 68.1 cm³/mol. The van der Waals surface area contributed by atoms with Crippen molar-refractivity contribution in [1.29, 1.82) is 0 Å². The fraction of sp³-hybridized carbons (Fsp3) is 0.643. The highest BCUT2D eigenvalue weighted by molar-refractivity contribution is 5.80. The summed E-state index contributed by atoms with van der Waals surface area (Å²) in [7, 11) is 0. The minimum Gasteiger partial charge on any atom is -0.465 e. The zero-order valence-electron chi connectivity index (χ0n) is 11.0. The van der Waals surface area contributed by atoms with Crippen molar-refractivity contribution in [3.63, 3.8) is 0 Å². The van der Waals surface area contributed by atoms with E-state index in [1.165, 1.54) is 0 Å². The van der Waals surface area contributed by atoms with Gasteiger partial charge in [0.2, 0.25) is 5.91 Å². The van der Waals surface area contributed by atoms with Gasteiger partial charge in [-0.15, -0.1) is 0 Å². The van der Waals surface area contributed by atoms with Crippen molar-refractivity contribution < 1.29 is 9.21 Å². The van der Waals surface area contributed by atoms with Crippen LogP contribution in [0.4, 0.5) is 0 Å². The Hall–Kier alpha value is -1.29. The molecule has 2 saturated heterocycles. The first-order chi connectivity index (χ1) is 8.65. The predicted octanol–water partition coefficient (Wildman–Crippen LogP) is 2.00. The third-order valence-corrected chi connectivity index (χ3v) is 4.13. The fourth-order valence-corrected chi connectivity index (χ4v) is 3.22. The van der Waals surface area contributed by atoms with Gasteiger partial charge in [0, 0.05) is 25.0 Å². The second kappa shape index (κ2) is 4.43. The SMILES string of the molecule is Cc1ccc(C(C)NC2CC(=O)N3CCCC23)o1. The maximum atomic E-state index is 11.9. The number of carbonyl (C=O) groups excluding carboxylic acids is 1. The summed E-state index contributed by atoms with van der Waals surface area (Å²) in [6.07, 6.45) is 2.91. The Morgan fingerprint density at radius 2 is 2.33 bits per heavy atom. The summed E-state index contributed by atoms with van der Waals surface area (Å²) in [6, 6.07) is 4.83. The number of hydrogen-bond donors (Lipinski definition) is 1. The van der Waals surface area contributed by atoms with Gasteiger partial charge in [-0.3, -0.25) is 4.79 Å². The van der Waals surface area contributed by atoms with Crippen LogP contribution < -0.4 is 5.32 Å². The van der Waals surface area contributed by atoms with Crippen LogP contribution >= 0.6 is 0 Å². The van der Waals surface area contributed by atoms with Gasteiger partial charge in [-0.25, -0.2) is 0 Å². The maximum absolute atomic E-state index is 11.9. The average Bonchev–Trinajstić information content (AvgIpc) is 2.99. The molecule has 3 heterocycles. The van der Waals surface area contributed by atoms with Gasteiger partial charge in [-0.2, -0.15) is 0 Å². The van der Waals surface area contributed by atoms with Crippen LogP contribution in [0.2, 0.25) is 0 Å². The molecule has 3 rings (SSSR count). The van der Waals surface area contributed by atoms with Gasteiger partial charge in [0.25, 0.3) is 0 Å². The molecule has 0 saturated carbocycles. The highest BCUT2D eigenvalue weighted by atomic mass is 16.3. The zero-order chi connectivity index (χ0) is 12.7. The first kappa shape index (κ1) is 11.8. The Kier molecular flexibility index (Phi) is 2.90. The third kappa shape index (κ3) is 1.94. The lowest BCUT2D eigenvalue weighted by Gasteiger charge is -2.23. The van der Waals surface area contributed by atoms with Crippen molar-refractivity contribution in [1.82, 2.24) is 10.2 Å². The van der Waals surface area contributed by atoms with Crippen LogP contribution in [0.1, 0.15) is 43.7 Å². The van der Waals surface area contributed by atoms with Crippen molar-refractivity contribution in [3.05, 3.63) is 23.7 Å². The maximum Gasteiger partial charge on any atom is 0.224 e. The molecule has 1 amide bonds. The summed E-state index contributed by atoms with van der Waals surface area (Å²) in [5.41, 5.74) is 0. The molecular weight excluding hydrogens is 228 g/mol. The molecule has 0 aromatic carbocycles. The van der Waals surface area contributed by atoms with E-state index in [1.807, 2.05) is 24.0 Å². The molecular formula is C14H20N2O2. The van der Waals surface area contributed by atoms with Crippen LogP contribution in [0.25, 0.3) is 0 Å². The Morgan fingerprint density at radius 1 is 1.50 bits per heavy atom. The van der Waals surface area contributed by atoms with Crippen molar-refractivity contribution in [2.24, 2.45) is 0 Å². The highest BCUT2D eigenvalue weighted by Crippen LogP contribution is 2.30. The number of aryl methyl sites for hydroxylation is 1. The van der Waals surface area contributed by atoms with Crippen molar-refractivity contribution in [2.45, 2.75) is 51.2 Å². The normalized spacial score (nSPS) is 28.8. The minimum atomic E-state index is 0.164. The van der Waals surface area contributed by atoms with Gasteiger partial charge in [0.15, 0.2) is 0 Å². The molecule has 1 aromatic heterocycles. The van der Waals surface area contributed by atoms with Gasteiger partial charge in [0.05, 0.1) is 6.04 Å². The third-order valence-electron chi connectivity index (χ3n) is 4.13. The number of furan rings is 1. The fourth-order valence-electron chi connectivity index (χ4n) is 3.22. The summed E-state index contributed by atoms with van der Waals surface area (Å²) in [4.78, 5) is 13.9. The lowest BCUT2D eigenvalue weighted by Crippen LogP contribution is -2.40. The number of carbonyl (C=O) groups is 1.